The van der Waals surface area contributed by atoms with Gasteiger partial charge in [-0.2, -0.15) is 9.67 Å². The van der Waals surface area contributed by atoms with Gasteiger partial charge in [0.1, 0.15) is 24.1 Å². The molecule has 10 nitrogen and oxygen atoms in total. The fourth-order valence-corrected chi connectivity index (χ4v) is 3.76. The molecule has 178 valence electrons. The summed E-state index contributed by atoms with van der Waals surface area (Å²) in [5, 5.41) is 7.51. The minimum absolute atomic E-state index is 0.0796. The van der Waals surface area contributed by atoms with Crippen molar-refractivity contribution in [2.45, 2.75) is 38.8 Å². The highest BCUT2D eigenvalue weighted by atomic mass is 16.5. The molecule has 1 amide bonds. The first-order chi connectivity index (χ1) is 16.4. The van der Waals surface area contributed by atoms with Crippen LogP contribution in [0.1, 0.15) is 26.7 Å². The van der Waals surface area contributed by atoms with Gasteiger partial charge in [-0.3, -0.25) is 4.79 Å². The highest BCUT2D eigenvalue weighted by molar-refractivity contribution is 5.78. The molecule has 4 rings (SSSR count). The summed E-state index contributed by atoms with van der Waals surface area (Å²) in [6.45, 7) is 5.57. The number of carbonyl (C=O) groups is 1. The Kier molecular flexibility index (Phi) is 6.98. The summed E-state index contributed by atoms with van der Waals surface area (Å²) in [5.74, 6) is 3.85. The van der Waals surface area contributed by atoms with Gasteiger partial charge in [0, 0.05) is 13.0 Å². The van der Waals surface area contributed by atoms with Gasteiger partial charge in [0.15, 0.2) is 0 Å². The minimum atomic E-state index is -0.484. The van der Waals surface area contributed by atoms with Crippen LogP contribution in [0.5, 0.6) is 5.75 Å². The number of hydrogen-bond acceptors (Lipinski definition) is 8. The molecular weight excluding hydrogens is 436 g/mol. The van der Waals surface area contributed by atoms with Crippen LogP contribution in [0.3, 0.4) is 0 Å². The van der Waals surface area contributed by atoms with E-state index in [-0.39, 0.29) is 23.9 Å². The number of carbonyl (C=O) groups excluding carboxylic acids is 2. The van der Waals surface area contributed by atoms with Gasteiger partial charge in [-0.1, -0.05) is 6.08 Å². The molecule has 1 aromatic heterocycles. The number of nitrogens with two attached hydrogens (primary N) is 1. The molecule has 1 fully saturated rings. The number of ether oxygens (including phenoxy) is 2. The average molecular weight is 465 g/mol. The summed E-state index contributed by atoms with van der Waals surface area (Å²) < 4.78 is 12.9. The van der Waals surface area contributed by atoms with Crippen LogP contribution in [-0.4, -0.2) is 63.4 Å². The van der Waals surface area contributed by atoms with Crippen LogP contribution in [0.25, 0.3) is 5.69 Å². The van der Waals surface area contributed by atoms with Crippen molar-refractivity contribution in [1.82, 2.24) is 19.7 Å². The normalized spacial score (nSPS) is 17.7. The zero-order valence-corrected chi connectivity index (χ0v) is 19.2. The Morgan fingerprint density at radius 1 is 1.29 bits per heavy atom. The predicted molar refractivity (Wildman–Crippen MR) is 127 cm³/mol. The van der Waals surface area contributed by atoms with Gasteiger partial charge in [0.05, 0.1) is 30.0 Å². The third-order valence-electron chi connectivity index (χ3n) is 5.37. The highest BCUT2D eigenvalue weighted by Crippen LogP contribution is 2.22. The summed E-state index contributed by atoms with van der Waals surface area (Å²) in [6, 6.07) is 6.87. The van der Waals surface area contributed by atoms with Crippen molar-refractivity contribution in [1.29, 1.82) is 0 Å². The molecule has 1 saturated heterocycles. The van der Waals surface area contributed by atoms with E-state index in [2.05, 4.69) is 15.4 Å². The number of nitrogen functional groups attached to an aromatic ring is 1. The molecule has 0 spiro atoms. The van der Waals surface area contributed by atoms with Crippen LogP contribution in [0.2, 0.25) is 0 Å². The second kappa shape index (κ2) is 10.3. The van der Waals surface area contributed by atoms with Crippen LogP contribution in [0.15, 0.2) is 53.8 Å². The Morgan fingerprint density at radius 2 is 2.09 bits per heavy atom. The van der Waals surface area contributed by atoms with Gasteiger partial charge in [-0.15, -0.1) is 5.10 Å². The molecule has 2 heterocycles. The van der Waals surface area contributed by atoms with E-state index in [0.717, 1.165) is 24.4 Å². The number of allylic oxidation sites excluding steroid dienone is 1. The number of likely N-dealkylation sites (tertiary alicyclic amines) is 1. The zero-order valence-electron chi connectivity index (χ0n) is 19.2. The van der Waals surface area contributed by atoms with Crippen LogP contribution in [0, 0.1) is 0 Å². The molecule has 1 atom stereocenters. The van der Waals surface area contributed by atoms with Gasteiger partial charge in [-0.05, 0) is 56.7 Å². The lowest BCUT2D eigenvalue weighted by Crippen LogP contribution is -2.28. The van der Waals surface area contributed by atoms with Gasteiger partial charge < -0.3 is 25.4 Å². The molecule has 1 unspecified atom stereocenters. The second-order valence-electron chi connectivity index (χ2n) is 8.28. The summed E-state index contributed by atoms with van der Waals surface area (Å²) in [5.41, 5.74) is 7.13. The van der Waals surface area contributed by atoms with Gasteiger partial charge in [-0.25, -0.2) is 4.79 Å². The Hall–Kier alpha value is -4.04. The molecule has 1 aliphatic heterocycles. The molecular formula is C24H28N6O4. The van der Waals surface area contributed by atoms with Crippen LogP contribution in [-0.2, 0) is 14.3 Å². The average Bonchev–Trinajstić information content (AvgIpc) is 3.39. The lowest BCUT2D eigenvalue weighted by atomic mass is 10.0. The SMILES string of the molecule is CC(C)Oc1ccc(-n2nc(NC3C=CC(OCCN4CCCC4=O)=CC3=C=O)nc2N)cc1. The molecule has 2 aromatic rings. The molecule has 0 saturated carbocycles. The molecule has 0 radical (unpaired) electrons. The van der Waals surface area contributed by atoms with Crippen molar-refractivity contribution < 1.29 is 19.1 Å². The lowest BCUT2D eigenvalue weighted by molar-refractivity contribution is -0.128. The zero-order chi connectivity index (χ0) is 24.1. The Morgan fingerprint density at radius 3 is 2.76 bits per heavy atom. The number of amides is 1. The molecule has 3 N–H and O–H groups in total. The molecule has 2 aliphatic rings. The maximum Gasteiger partial charge on any atom is 0.245 e. The van der Waals surface area contributed by atoms with E-state index in [1.165, 1.54) is 4.68 Å². The monoisotopic (exact) mass is 464 g/mol. The van der Waals surface area contributed by atoms with E-state index >= 15 is 0 Å². The maximum atomic E-state index is 11.7. The Balaban J connectivity index is 1.37. The number of nitrogens with one attached hydrogen (secondary N) is 1. The lowest BCUT2D eigenvalue weighted by Gasteiger charge is -2.20. The summed E-state index contributed by atoms with van der Waals surface area (Å²) >= 11 is 0. The van der Waals surface area contributed by atoms with Crippen molar-refractivity contribution in [3.05, 3.63) is 53.8 Å². The summed E-state index contributed by atoms with van der Waals surface area (Å²) in [4.78, 5) is 29.3. The van der Waals surface area contributed by atoms with Crippen molar-refractivity contribution in [2.75, 3.05) is 30.7 Å². The Bertz CT molecular complexity index is 1140. The molecule has 10 heteroatoms. The van der Waals surface area contributed by atoms with Gasteiger partial charge >= 0.3 is 0 Å². The first-order valence-electron chi connectivity index (χ1n) is 11.2. The predicted octanol–water partition coefficient (Wildman–Crippen LogP) is 2.27. The van der Waals surface area contributed by atoms with E-state index in [4.69, 9.17) is 15.2 Å². The molecule has 0 bridgehead atoms. The standard InChI is InChI=1S/C24H28N6O4/c1-16(2)34-19-7-5-18(6-8-19)30-23(25)27-24(28-30)26-21-10-9-20(14-17(21)15-31)33-13-12-29-11-3-4-22(29)32/h5-10,14,16,21H,3-4,11-13H2,1-2H3,(H3,25,26,27,28). The maximum absolute atomic E-state index is 11.7. The molecule has 1 aromatic carbocycles. The fourth-order valence-electron chi connectivity index (χ4n) is 3.76. The largest absolute Gasteiger partial charge is 0.492 e. The number of rotatable bonds is 9. The van der Waals surface area contributed by atoms with E-state index < -0.39 is 6.04 Å². The van der Waals surface area contributed by atoms with Crippen molar-refractivity contribution in [3.63, 3.8) is 0 Å². The van der Waals surface area contributed by atoms with Crippen molar-refractivity contribution >= 4 is 23.7 Å². The summed E-state index contributed by atoms with van der Waals surface area (Å²) in [6.07, 6.45) is 6.71. The number of anilines is 2. The van der Waals surface area contributed by atoms with E-state index in [9.17, 15) is 9.59 Å². The molecule has 1 aliphatic carbocycles. The Labute approximate surface area is 197 Å². The highest BCUT2D eigenvalue weighted by Gasteiger charge is 2.21. The topological polar surface area (TPSA) is 125 Å². The third-order valence-corrected chi connectivity index (χ3v) is 5.37. The van der Waals surface area contributed by atoms with E-state index in [0.29, 0.717) is 30.9 Å². The smallest absolute Gasteiger partial charge is 0.245 e. The second-order valence-corrected chi connectivity index (χ2v) is 8.28. The quantitative estimate of drug-likeness (QED) is 0.542. The number of benzene rings is 1. The molecule has 34 heavy (non-hydrogen) atoms. The fraction of sp³-hybridized carbons (Fsp3) is 0.375. The number of hydrogen-bond donors (Lipinski definition) is 2. The van der Waals surface area contributed by atoms with Crippen LogP contribution >= 0.6 is 0 Å². The van der Waals surface area contributed by atoms with Crippen molar-refractivity contribution in [3.8, 4) is 11.4 Å². The van der Waals surface area contributed by atoms with Crippen LogP contribution < -0.4 is 15.8 Å². The minimum Gasteiger partial charge on any atom is -0.492 e. The first kappa shape index (κ1) is 23.1. The van der Waals surface area contributed by atoms with Crippen molar-refractivity contribution in [2.24, 2.45) is 0 Å². The number of aromatic nitrogens is 3. The first-order valence-corrected chi connectivity index (χ1v) is 11.2. The van der Waals surface area contributed by atoms with Gasteiger partial charge in [0.2, 0.25) is 17.8 Å². The third kappa shape index (κ3) is 5.47. The van der Waals surface area contributed by atoms with Crippen LogP contribution in [0.4, 0.5) is 11.9 Å². The van der Waals surface area contributed by atoms with Gasteiger partial charge in [0.25, 0.3) is 0 Å². The van der Waals surface area contributed by atoms with E-state index in [1.54, 1.807) is 23.1 Å². The number of nitrogens with zero attached hydrogens (tertiary/aromatic N) is 4. The van der Waals surface area contributed by atoms with E-state index in [1.807, 2.05) is 44.1 Å². The summed E-state index contributed by atoms with van der Waals surface area (Å²) in [7, 11) is 0.